The Morgan fingerprint density at radius 1 is 1.29 bits per heavy atom. The van der Waals surface area contributed by atoms with Gasteiger partial charge in [0.05, 0.1) is 6.61 Å². The molecule has 6 heteroatoms. The van der Waals surface area contributed by atoms with Gasteiger partial charge >= 0.3 is 0 Å². The second-order valence-corrected chi connectivity index (χ2v) is 4.52. The number of nitrogens with one attached hydrogen (secondary N) is 2. The zero-order valence-corrected chi connectivity index (χ0v) is 15.5. The molecule has 0 radical (unpaired) electrons. The number of halogens is 1. The Kier molecular flexibility index (Phi) is 12.0. The Hall–Kier alpha value is -1.05. The number of nitrogens with zero attached hydrogens (tertiary/aromatic N) is 2. The minimum Gasteiger partial charge on any atom is -0.477 e. The summed E-state index contributed by atoms with van der Waals surface area (Å²) in [6, 6.07) is 3.94. The molecule has 1 aromatic rings. The fourth-order valence-corrected chi connectivity index (χ4v) is 1.67. The fraction of sp³-hybridized carbons (Fsp3) is 0.600. The van der Waals surface area contributed by atoms with E-state index in [-0.39, 0.29) is 24.0 Å². The van der Waals surface area contributed by atoms with Crippen molar-refractivity contribution in [1.29, 1.82) is 0 Å². The van der Waals surface area contributed by atoms with E-state index in [4.69, 9.17) is 4.74 Å². The standard InChI is InChI=1S/C15H26N4O.HI/c1-4-6-9-18-15(16-3)19-12-13-8-7-10-17-14(13)20-11-5-2;/h7-8,10H,4-6,9,11-12H2,1-3H3,(H2,16,18,19);1H. The van der Waals surface area contributed by atoms with E-state index >= 15 is 0 Å². The first-order valence-corrected chi connectivity index (χ1v) is 7.33. The largest absolute Gasteiger partial charge is 0.477 e. The lowest BCUT2D eigenvalue weighted by Gasteiger charge is -2.13. The molecule has 1 heterocycles. The molecule has 1 aromatic heterocycles. The van der Waals surface area contributed by atoms with Gasteiger partial charge in [-0.3, -0.25) is 4.99 Å². The fourth-order valence-electron chi connectivity index (χ4n) is 1.67. The van der Waals surface area contributed by atoms with Crippen molar-refractivity contribution in [3.63, 3.8) is 0 Å². The van der Waals surface area contributed by atoms with Gasteiger partial charge in [0.2, 0.25) is 5.88 Å². The molecule has 0 unspecified atom stereocenters. The zero-order valence-electron chi connectivity index (χ0n) is 13.2. The molecule has 0 atom stereocenters. The number of hydrogen-bond acceptors (Lipinski definition) is 3. The number of rotatable bonds is 8. The molecule has 0 amide bonds. The third-order valence-electron chi connectivity index (χ3n) is 2.79. The average molecular weight is 406 g/mol. The first-order valence-electron chi connectivity index (χ1n) is 7.33. The summed E-state index contributed by atoms with van der Waals surface area (Å²) in [5, 5.41) is 6.56. The smallest absolute Gasteiger partial charge is 0.218 e. The molecule has 1 rings (SSSR count). The SMILES string of the molecule is CCCCNC(=NC)NCc1cccnc1OCCC.I. The van der Waals surface area contributed by atoms with Crippen LogP contribution in [0.3, 0.4) is 0 Å². The molecule has 21 heavy (non-hydrogen) atoms. The quantitative estimate of drug-likeness (QED) is 0.302. The van der Waals surface area contributed by atoms with Crippen LogP contribution in [-0.2, 0) is 6.54 Å². The zero-order chi connectivity index (χ0) is 14.6. The Bertz CT molecular complexity index is 412. The molecular formula is C15H27IN4O. The minimum absolute atomic E-state index is 0. The highest BCUT2D eigenvalue weighted by Crippen LogP contribution is 2.13. The van der Waals surface area contributed by atoms with Gasteiger partial charge in [0.25, 0.3) is 0 Å². The molecule has 0 aliphatic heterocycles. The third kappa shape index (κ3) is 8.08. The number of aliphatic imine (C=N–C) groups is 1. The van der Waals surface area contributed by atoms with E-state index in [1.807, 2.05) is 12.1 Å². The summed E-state index contributed by atoms with van der Waals surface area (Å²) >= 11 is 0. The molecule has 0 aromatic carbocycles. The molecule has 5 nitrogen and oxygen atoms in total. The highest BCUT2D eigenvalue weighted by atomic mass is 127. The Balaban J connectivity index is 0.00000400. The number of hydrogen-bond donors (Lipinski definition) is 2. The third-order valence-corrected chi connectivity index (χ3v) is 2.79. The van der Waals surface area contributed by atoms with Crippen LogP contribution < -0.4 is 15.4 Å². The number of guanidine groups is 1. The Morgan fingerprint density at radius 2 is 2.10 bits per heavy atom. The summed E-state index contributed by atoms with van der Waals surface area (Å²) in [4.78, 5) is 8.47. The van der Waals surface area contributed by atoms with Crippen LogP contribution in [0.5, 0.6) is 5.88 Å². The van der Waals surface area contributed by atoms with Gasteiger partial charge in [0.1, 0.15) is 0 Å². The van der Waals surface area contributed by atoms with Crippen molar-refractivity contribution >= 4 is 29.9 Å². The highest BCUT2D eigenvalue weighted by Gasteiger charge is 2.05. The molecule has 0 aliphatic rings. The van der Waals surface area contributed by atoms with E-state index in [1.165, 1.54) is 6.42 Å². The Morgan fingerprint density at radius 3 is 2.76 bits per heavy atom. The van der Waals surface area contributed by atoms with E-state index in [0.29, 0.717) is 19.0 Å². The summed E-state index contributed by atoms with van der Waals surface area (Å²) in [6.45, 7) is 6.53. The first-order chi connectivity index (χ1) is 9.81. The van der Waals surface area contributed by atoms with Gasteiger partial charge in [-0.25, -0.2) is 4.98 Å². The lowest BCUT2D eigenvalue weighted by atomic mass is 10.2. The molecule has 0 spiro atoms. The maximum absolute atomic E-state index is 5.64. The second kappa shape index (κ2) is 12.7. The minimum atomic E-state index is 0. The van der Waals surface area contributed by atoms with Gasteiger partial charge in [-0.1, -0.05) is 26.3 Å². The summed E-state index contributed by atoms with van der Waals surface area (Å²) < 4.78 is 5.64. The Labute approximate surface area is 145 Å². The molecule has 0 saturated carbocycles. The van der Waals surface area contributed by atoms with Crippen LogP contribution in [0.4, 0.5) is 0 Å². The van der Waals surface area contributed by atoms with Gasteiger partial charge < -0.3 is 15.4 Å². The lowest BCUT2D eigenvalue weighted by molar-refractivity contribution is 0.301. The van der Waals surface area contributed by atoms with Crippen molar-refractivity contribution in [2.45, 2.75) is 39.7 Å². The summed E-state index contributed by atoms with van der Waals surface area (Å²) in [7, 11) is 1.78. The maximum atomic E-state index is 5.64. The monoisotopic (exact) mass is 406 g/mol. The maximum Gasteiger partial charge on any atom is 0.218 e. The van der Waals surface area contributed by atoms with Crippen LogP contribution in [0.1, 0.15) is 38.7 Å². The molecule has 0 bridgehead atoms. The van der Waals surface area contributed by atoms with Crippen LogP contribution in [0, 0.1) is 0 Å². The molecular weight excluding hydrogens is 379 g/mol. The molecule has 0 fully saturated rings. The van der Waals surface area contributed by atoms with Crippen molar-refractivity contribution in [3.8, 4) is 5.88 Å². The summed E-state index contributed by atoms with van der Waals surface area (Å²) in [5.74, 6) is 1.51. The molecule has 120 valence electrons. The van der Waals surface area contributed by atoms with Crippen molar-refractivity contribution in [2.75, 3.05) is 20.2 Å². The predicted octanol–water partition coefficient (Wildman–Crippen LogP) is 2.95. The van der Waals surface area contributed by atoms with Gasteiger partial charge in [-0.2, -0.15) is 0 Å². The topological polar surface area (TPSA) is 58.5 Å². The van der Waals surface area contributed by atoms with Crippen LogP contribution in [-0.4, -0.2) is 31.1 Å². The number of pyridine rings is 1. The first kappa shape index (κ1) is 19.9. The number of ether oxygens (including phenoxy) is 1. The normalized spacial score (nSPS) is 10.7. The van der Waals surface area contributed by atoms with Gasteiger partial charge in [0, 0.05) is 31.9 Å². The van der Waals surface area contributed by atoms with Crippen molar-refractivity contribution in [3.05, 3.63) is 23.9 Å². The second-order valence-electron chi connectivity index (χ2n) is 4.52. The molecule has 2 N–H and O–H groups in total. The highest BCUT2D eigenvalue weighted by molar-refractivity contribution is 14.0. The van der Waals surface area contributed by atoms with Crippen LogP contribution in [0.15, 0.2) is 23.3 Å². The van der Waals surface area contributed by atoms with E-state index < -0.39 is 0 Å². The van der Waals surface area contributed by atoms with E-state index in [1.54, 1.807) is 13.2 Å². The molecule has 0 saturated heterocycles. The molecule has 0 aliphatic carbocycles. The van der Waals surface area contributed by atoms with E-state index in [0.717, 1.165) is 30.9 Å². The predicted molar refractivity (Wildman–Crippen MR) is 98.5 cm³/mol. The van der Waals surface area contributed by atoms with Crippen molar-refractivity contribution < 1.29 is 4.74 Å². The van der Waals surface area contributed by atoms with E-state index in [9.17, 15) is 0 Å². The van der Waals surface area contributed by atoms with Gasteiger partial charge in [0.15, 0.2) is 5.96 Å². The van der Waals surface area contributed by atoms with Crippen molar-refractivity contribution in [1.82, 2.24) is 15.6 Å². The summed E-state index contributed by atoms with van der Waals surface area (Å²) in [6.07, 6.45) is 5.03. The van der Waals surface area contributed by atoms with Crippen LogP contribution in [0.25, 0.3) is 0 Å². The van der Waals surface area contributed by atoms with Gasteiger partial charge in [-0.15, -0.1) is 24.0 Å². The summed E-state index contributed by atoms with van der Waals surface area (Å²) in [5.41, 5.74) is 1.04. The number of aromatic nitrogens is 1. The average Bonchev–Trinajstić information content (AvgIpc) is 2.49. The van der Waals surface area contributed by atoms with Gasteiger partial charge in [-0.05, 0) is 18.9 Å². The van der Waals surface area contributed by atoms with E-state index in [2.05, 4.69) is 34.5 Å². The lowest BCUT2D eigenvalue weighted by Crippen LogP contribution is -2.37. The van der Waals surface area contributed by atoms with Crippen molar-refractivity contribution in [2.24, 2.45) is 4.99 Å². The van der Waals surface area contributed by atoms with Crippen LogP contribution in [0.2, 0.25) is 0 Å². The number of unbranched alkanes of at least 4 members (excludes halogenated alkanes) is 1. The van der Waals surface area contributed by atoms with Crippen LogP contribution >= 0.6 is 24.0 Å².